The number of likely N-dealkylation sites (tertiary alicyclic amines) is 1. The number of anilines is 1. The van der Waals surface area contributed by atoms with Crippen molar-refractivity contribution in [2.24, 2.45) is 5.73 Å². The molecule has 38 heavy (non-hydrogen) atoms. The second-order valence-corrected chi connectivity index (χ2v) is 9.96. The third-order valence-electron chi connectivity index (χ3n) is 7.35. The Kier molecular flexibility index (Phi) is 8.35. The van der Waals surface area contributed by atoms with Gasteiger partial charge in [0, 0.05) is 19.1 Å². The molecule has 0 unspecified atom stereocenters. The average molecular weight is 516 g/mol. The number of nitrogens with zero attached hydrogens (tertiary/aromatic N) is 5. The quantitative estimate of drug-likeness (QED) is 0.282. The maximum atomic E-state index is 13.8. The highest BCUT2D eigenvalue weighted by atomic mass is 16.5. The third-order valence-corrected chi connectivity index (χ3v) is 7.35. The number of nitrogens with two attached hydrogens (primary N) is 2. The zero-order valence-electron chi connectivity index (χ0n) is 21.8. The Balaban J connectivity index is 1.33. The van der Waals surface area contributed by atoms with Gasteiger partial charge in [-0.3, -0.25) is 9.13 Å². The molecule has 9 nitrogen and oxygen atoms in total. The standard InChI is InChI=1S/C29H37N7O2/c30-17-7-2-1-3-8-18-34-19-15-23(16-20-34)36-28-26(27(31)32-21-33-28)35(29(36)37)22-11-13-25(14-12-22)38-24-9-5-4-6-10-24/h4-6,9-14,21,23H,1-3,7-8,15-20,30H2,(H2,31,32,33). The molecule has 0 saturated carbocycles. The Morgan fingerprint density at radius 3 is 2.29 bits per heavy atom. The van der Waals surface area contributed by atoms with E-state index in [4.69, 9.17) is 16.2 Å². The van der Waals surface area contributed by atoms with Gasteiger partial charge in [0.15, 0.2) is 11.5 Å². The number of aromatic nitrogens is 4. The van der Waals surface area contributed by atoms with Crippen molar-refractivity contribution in [2.75, 3.05) is 31.9 Å². The molecule has 1 saturated heterocycles. The molecule has 4 aromatic rings. The number of nitrogen functional groups attached to an aromatic ring is 1. The van der Waals surface area contributed by atoms with E-state index in [1.54, 1.807) is 4.57 Å². The Morgan fingerprint density at radius 1 is 0.868 bits per heavy atom. The summed E-state index contributed by atoms with van der Waals surface area (Å²) >= 11 is 0. The van der Waals surface area contributed by atoms with Crippen molar-refractivity contribution in [1.29, 1.82) is 0 Å². The zero-order valence-corrected chi connectivity index (χ0v) is 21.8. The fourth-order valence-electron chi connectivity index (χ4n) is 5.34. The number of benzene rings is 2. The molecule has 9 heteroatoms. The minimum Gasteiger partial charge on any atom is -0.457 e. The second-order valence-electron chi connectivity index (χ2n) is 9.96. The van der Waals surface area contributed by atoms with Crippen LogP contribution in [-0.2, 0) is 0 Å². The molecule has 1 aliphatic heterocycles. The topological polar surface area (TPSA) is 117 Å². The van der Waals surface area contributed by atoms with E-state index in [0.29, 0.717) is 28.4 Å². The van der Waals surface area contributed by atoms with E-state index in [-0.39, 0.29) is 11.7 Å². The van der Waals surface area contributed by atoms with Crippen LogP contribution in [0.4, 0.5) is 5.82 Å². The Morgan fingerprint density at radius 2 is 1.55 bits per heavy atom. The molecule has 1 fully saturated rings. The predicted octanol–water partition coefficient (Wildman–Crippen LogP) is 4.50. The van der Waals surface area contributed by atoms with Crippen LogP contribution in [0.25, 0.3) is 16.9 Å². The average Bonchev–Trinajstić information content (AvgIpc) is 3.25. The van der Waals surface area contributed by atoms with Crippen molar-refractivity contribution in [3.05, 3.63) is 71.4 Å². The van der Waals surface area contributed by atoms with Crippen molar-refractivity contribution in [2.45, 2.75) is 51.0 Å². The van der Waals surface area contributed by atoms with Gasteiger partial charge in [0.1, 0.15) is 23.3 Å². The number of unbranched alkanes of at least 4 members (excludes halogenated alkanes) is 4. The van der Waals surface area contributed by atoms with Crippen LogP contribution in [0, 0.1) is 0 Å². The van der Waals surface area contributed by atoms with Gasteiger partial charge in [-0.05, 0) is 75.2 Å². The van der Waals surface area contributed by atoms with E-state index in [0.717, 1.165) is 51.2 Å². The highest BCUT2D eigenvalue weighted by Gasteiger charge is 2.27. The largest absolute Gasteiger partial charge is 0.457 e. The summed E-state index contributed by atoms with van der Waals surface area (Å²) in [6, 6.07) is 17.1. The molecule has 0 amide bonds. The fourth-order valence-corrected chi connectivity index (χ4v) is 5.34. The van der Waals surface area contributed by atoms with E-state index in [9.17, 15) is 4.79 Å². The highest BCUT2D eigenvalue weighted by Crippen LogP contribution is 2.29. The molecule has 3 heterocycles. The van der Waals surface area contributed by atoms with Gasteiger partial charge in [0.25, 0.3) is 0 Å². The van der Waals surface area contributed by atoms with Gasteiger partial charge in [0.05, 0.1) is 5.69 Å². The van der Waals surface area contributed by atoms with E-state index in [1.807, 2.05) is 59.2 Å². The van der Waals surface area contributed by atoms with Crippen molar-refractivity contribution < 1.29 is 4.74 Å². The van der Waals surface area contributed by atoms with Gasteiger partial charge in [-0.25, -0.2) is 14.8 Å². The predicted molar refractivity (Wildman–Crippen MR) is 151 cm³/mol. The lowest BCUT2D eigenvalue weighted by atomic mass is 10.0. The molecule has 2 aromatic carbocycles. The number of para-hydroxylation sites is 1. The summed E-state index contributed by atoms with van der Waals surface area (Å²) in [5, 5.41) is 0. The molecule has 1 aliphatic rings. The number of piperidine rings is 1. The lowest BCUT2D eigenvalue weighted by Gasteiger charge is -2.32. The summed E-state index contributed by atoms with van der Waals surface area (Å²) in [7, 11) is 0. The number of hydrogen-bond donors (Lipinski definition) is 2. The monoisotopic (exact) mass is 515 g/mol. The Labute approximate surface area is 223 Å². The maximum absolute atomic E-state index is 13.8. The molecule has 200 valence electrons. The van der Waals surface area contributed by atoms with Crippen LogP contribution >= 0.6 is 0 Å². The molecular weight excluding hydrogens is 478 g/mol. The van der Waals surface area contributed by atoms with Crippen LogP contribution in [0.2, 0.25) is 0 Å². The molecule has 0 radical (unpaired) electrons. The van der Waals surface area contributed by atoms with Gasteiger partial charge < -0.3 is 21.1 Å². The zero-order chi connectivity index (χ0) is 26.3. The molecule has 0 aliphatic carbocycles. The minimum atomic E-state index is -0.137. The first-order valence-electron chi connectivity index (χ1n) is 13.6. The first-order chi connectivity index (χ1) is 18.7. The van der Waals surface area contributed by atoms with Crippen LogP contribution in [0.1, 0.15) is 51.0 Å². The van der Waals surface area contributed by atoms with Crippen LogP contribution in [0.3, 0.4) is 0 Å². The van der Waals surface area contributed by atoms with Crippen molar-refractivity contribution >= 4 is 17.0 Å². The summed E-state index contributed by atoms with van der Waals surface area (Å²) in [6.07, 6.45) is 9.30. The number of fused-ring (bicyclic) bond motifs is 1. The van der Waals surface area contributed by atoms with E-state index in [2.05, 4.69) is 14.9 Å². The molecule has 4 N–H and O–H groups in total. The summed E-state index contributed by atoms with van der Waals surface area (Å²) in [5.74, 6) is 1.74. The first-order valence-corrected chi connectivity index (χ1v) is 13.6. The number of rotatable bonds is 11. The van der Waals surface area contributed by atoms with Gasteiger partial charge >= 0.3 is 5.69 Å². The van der Waals surface area contributed by atoms with Crippen LogP contribution in [0.5, 0.6) is 11.5 Å². The lowest BCUT2D eigenvalue weighted by Crippen LogP contribution is -2.38. The number of ether oxygens (including phenoxy) is 1. The van der Waals surface area contributed by atoms with Gasteiger partial charge in [-0.2, -0.15) is 0 Å². The highest BCUT2D eigenvalue weighted by molar-refractivity contribution is 5.84. The van der Waals surface area contributed by atoms with Gasteiger partial charge in [-0.1, -0.05) is 37.5 Å². The molecule has 2 aromatic heterocycles. The van der Waals surface area contributed by atoms with E-state index < -0.39 is 0 Å². The van der Waals surface area contributed by atoms with Gasteiger partial charge in [-0.15, -0.1) is 0 Å². The lowest BCUT2D eigenvalue weighted by molar-refractivity contribution is 0.183. The molecular formula is C29H37N7O2. The van der Waals surface area contributed by atoms with E-state index in [1.165, 1.54) is 32.0 Å². The van der Waals surface area contributed by atoms with Crippen molar-refractivity contribution in [1.82, 2.24) is 24.0 Å². The summed E-state index contributed by atoms with van der Waals surface area (Å²) < 4.78 is 9.38. The number of hydrogen-bond acceptors (Lipinski definition) is 7. The summed E-state index contributed by atoms with van der Waals surface area (Å²) in [4.78, 5) is 25.1. The maximum Gasteiger partial charge on any atom is 0.335 e. The van der Waals surface area contributed by atoms with Crippen LogP contribution in [0.15, 0.2) is 65.7 Å². The second kappa shape index (κ2) is 12.2. The van der Waals surface area contributed by atoms with Crippen molar-refractivity contribution in [3.8, 4) is 17.2 Å². The summed E-state index contributed by atoms with van der Waals surface area (Å²) in [5.41, 5.74) is 13.6. The summed E-state index contributed by atoms with van der Waals surface area (Å²) in [6.45, 7) is 3.84. The van der Waals surface area contributed by atoms with E-state index >= 15 is 0 Å². The first kappa shape index (κ1) is 25.9. The SMILES string of the molecule is NCCCCCCCN1CCC(n2c(=O)n(-c3ccc(Oc4ccccc4)cc3)c3c(N)ncnc32)CC1. The molecule has 0 spiro atoms. The third kappa shape index (κ3) is 5.74. The number of imidazole rings is 1. The molecule has 0 atom stereocenters. The smallest absolute Gasteiger partial charge is 0.335 e. The molecule has 5 rings (SSSR count). The van der Waals surface area contributed by atoms with Gasteiger partial charge in [0.2, 0.25) is 0 Å². The normalized spacial score (nSPS) is 14.8. The molecule has 0 bridgehead atoms. The minimum absolute atomic E-state index is 0.0713. The van der Waals surface area contributed by atoms with Crippen LogP contribution < -0.4 is 21.9 Å². The Bertz CT molecular complexity index is 1370. The fraction of sp³-hybridized carbons (Fsp3) is 0.414. The van der Waals surface area contributed by atoms with Crippen LogP contribution in [-0.4, -0.2) is 50.2 Å². The Hall–Kier alpha value is -3.69. The van der Waals surface area contributed by atoms with Crippen molar-refractivity contribution in [3.63, 3.8) is 0 Å².